The summed E-state index contributed by atoms with van der Waals surface area (Å²) in [6.07, 6.45) is 1.76. The smallest absolute Gasteiger partial charge is 0.0434 e. The highest BCUT2D eigenvalue weighted by molar-refractivity contribution is 5.51. The summed E-state index contributed by atoms with van der Waals surface area (Å²) in [5, 5.41) is 12.3. The number of aliphatic hydroxyl groups is 1. The Morgan fingerprint density at radius 2 is 1.88 bits per heavy atom. The topological polar surface area (TPSA) is 32.3 Å². The Morgan fingerprint density at radius 3 is 2.50 bits per heavy atom. The Labute approximate surface area is 98.7 Å². The van der Waals surface area contributed by atoms with Gasteiger partial charge in [0.2, 0.25) is 0 Å². The number of benzene rings is 1. The van der Waals surface area contributed by atoms with Gasteiger partial charge in [-0.25, -0.2) is 0 Å². The van der Waals surface area contributed by atoms with Gasteiger partial charge in [-0.1, -0.05) is 39.0 Å². The highest BCUT2D eigenvalue weighted by Crippen LogP contribution is 2.20. The largest absolute Gasteiger partial charge is 0.396 e. The second-order valence-electron chi connectivity index (χ2n) is 5.40. The van der Waals surface area contributed by atoms with Crippen LogP contribution in [0.3, 0.4) is 0 Å². The number of aliphatic hydroxyl groups excluding tert-OH is 1. The molecule has 0 saturated carbocycles. The minimum atomic E-state index is 0.258. The van der Waals surface area contributed by atoms with Crippen molar-refractivity contribution in [2.75, 3.05) is 18.5 Å². The van der Waals surface area contributed by atoms with Gasteiger partial charge < -0.3 is 10.4 Å². The average Bonchev–Trinajstić information content (AvgIpc) is 2.23. The molecule has 0 aliphatic carbocycles. The van der Waals surface area contributed by atoms with Crippen LogP contribution in [0.5, 0.6) is 0 Å². The van der Waals surface area contributed by atoms with Crippen molar-refractivity contribution in [1.29, 1.82) is 0 Å². The first-order valence-electron chi connectivity index (χ1n) is 5.95. The molecule has 0 saturated heterocycles. The molecule has 1 aromatic rings. The number of hydrogen-bond donors (Lipinski definition) is 2. The van der Waals surface area contributed by atoms with Crippen LogP contribution in [-0.2, 0) is 6.42 Å². The van der Waals surface area contributed by atoms with Gasteiger partial charge in [0.1, 0.15) is 0 Å². The fourth-order valence-electron chi connectivity index (χ4n) is 1.54. The maximum Gasteiger partial charge on any atom is 0.0434 e. The second kappa shape index (κ2) is 5.90. The first-order valence-corrected chi connectivity index (χ1v) is 5.95. The van der Waals surface area contributed by atoms with E-state index in [1.165, 1.54) is 11.3 Å². The summed E-state index contributed by atoms with van der Waals surface area (Å²) in [5.74, 6) is 0. The van der Waals surface area contributed by atoms with Crippen LogP contribution in [-0.4, -0.2) is 18.3 Å². The highest BCUT2D eigenvalue weighted by atomic mass is 16.2. The summed E-state index contributed by atoms with van der Waals surface area (Å²) in [5.41, 5.74) is 2.77. The third kappa shape index (κ3) is 4.67. The lowest BCUT2D eigenvalue weighted by molar-refractivity contribution is 0.288. The van der Waals surface area contributed by atoms with Crippen LogP contribution in [0.15, 0.2) is 24.3 Å². The lowest BCUT2D eigenvalue weighted by Crippen LogP contribution is -2.19. The molecule has 0 fully saturated rings. The molecule has 2 heteroatoms. The van der Waals surface area contributed by atoms with E-state index in [1.54, 1.807) is 0 Å². The molecule has 0 aromatic heterocycles. The Morgan fingerprint density at radius 1 is 1.19 bits per heavy atom. The number of rotatable bonds is 5. The van der Waals surface area contributed by atoms with Crippen molar-refractivity contribution in [1.82, 2.24) is 0 Å². The van der Waals surface area contributed by atoms with Gasteiger partial charge in [0.05, 0.1) is 0 Å². The van der Waals surface area contributed by atoms with Gasteiger partial charge in [-0.3, -0.25) is 0 Å². The summed E-state index contributed by atoms with van der Waals surface area (Å²) in [4.78, 5) is 0. The molecule has 0 bridgehead atoms. The number of nitrogens with one attached hydrogen (secondary N) is 1. The summed E-state index contributed by atoms with van der Waals surface area (Å²) < 4.78 is 0. The molecule has 0 aliphatic heterocycles. The molecule has 0 aliphatic rings. The molecule has 2 nitrogen and oxygen atoms in total. The molecule has 1 aromatic carbocycles. The molecule has 0 amide bonds. The monoisotopic (exact) mass is 221 g/mol. The predicted octanol–water partition coefficient (Wildman–Crippen LogP) is 3.07. The van der Waals surface area contributed by atoms with Crippen LogP contribution < -0.4 is 5.32 Å². The van der Waals surface area contributed by atoms with E-state index in [4.69, 9.17) is 5.11 Å². The molecule has 0 spiro atoms. The third-order valence-corrected chi connectivity index (χ3v) is 2.43. The van der Waals surface area contributed by atoms with Crippen LogP contribution in [0.1, 0.15) is 32.8 Å². The zero-order valence-electron chi connectivity index (χ0n) is 10.6. The van der Waals surface area contributed by atoms with Crippen LogP contribution >= 0.6 is 0 Å². The van der Waals surface area contributed by atoms with E-state index >= 15 is 0 Å². The Kier molecular flexibility index (Phi) is 4.81. The summed E-state index contributed by atoms with van der Waals surface area (Å²) in [6, 6.07) is 8.33. The standard InChI is InChI=1S/C14H23NO/c1-14(2,3)11-15-13-9-5-4-7-12(13)8-6-10-16/h4-5,7,9,15-16H,6,8,10-11H2,1-3H3. The Bertz CT molecular complexity index is 315. The predicted molar refractivity (Wildman–Crippen MR) is 69.8 cm³/mol. The highest BCUT2D eigenvalue weighted by Gasteiger charge is 2.10. The molecule has 2 N–H and O–H groups in total. The quantitative estimate of drug-likeness (QED) is 0.801. The van der Waals surface area contributed by atoms with Crippen LogP contribution in [0.2, 0.25) is 0 Å². The van der Waals surface area contributed by atoms with E-state index in [0.29, 0.717) is 0 Å². The van der Waals surface area contributed by atoms with Crippen molar-refractivity contribution in [2.45, 2.75) is 33.6 Å². The summed E-state index contributed by atoms with van der Waals surface area (Å²) >= 11 is 0. The van der Waals surface area contributed by atoms with Gasteiger partial charge in [-0.2, -0.15) is 0 Å². The van der Waals surface area contributed by atoms with Crippen molar-refractivity contribution in [3.05, 3.63) is 29.8 Å². The van der Waals surface area contributed by atoms with Crippen molar-refractivity contribution < 1.29 is 5.11 Å². The lowest BCUT2D eigenvalue weighted by atomic mass is 9.96. The molecule has 90 valence electrons. The molecule has 0 radical (unpaired) electrons. The van der Waals surface area contributed by atoms with Crippen molar-refractivity contribution in [2.24, 2.45) is 5.41 Å². The van der Waals surface area contributed by atoms with E-state index in [0.717, 1.165) is 19.4 Å². The minimum Gasteiger partial charge on any atom is -0.396 e. The van der Waals surface area contributed by atoms with Gasteiger partial charge in [0, 0.05) is 18.8 Å². The number of aryl methyl sites for hydroxylation is 1. The van der Waals surface area contributed by atoms with Gasteiger partial charge in [-0.05, 0) is 29.9 Å². The minimum absolute atomic E-state index is 0.258. The third-order valence-electron chi connectivity index (χ3n) is 2.43. The number of anilines is 1. The molecule has 16 heavy (non-hydrogen) atoms. The molecule has 1 rings (SSSR count). The van der Waals surface area contributed by atoms with Crippen molar-refractivity contribution in [3.63, 3.8) is 0 Å². The molecular weight excluding hydrogens is 198 g/mol. The SMILES string of the molecule is CC(C)(C)CNc1ccccc1CCCO. The van der Waals surface area contributed by atoms with Crippen molar-refractivity contribution >= 4 is 5.69 Å². The van der Waals surface area contributed by atoms with Crippen LogP contribution in [0.4, 0.5) is 5.69 Å². The Balaban J connectivity index is 2.63. The van der Waals surface area contributed by atoms with E-state index in [1.807, 2.05) is 6.07 Å². The number of hydrogen-bond acceptors (Lipinski definition) is 2. The van der Waals surface area contributed by atoms with Gasteiger partial charge in [0.15, 0.2) is 0 Å². The van der Waals surface area contributed by atoms with Gasteiger partial charge in [0.25, 0.3) is 0 Å². The second-order valence-corrected chi connectivity index (χ2v) is 5.40. The fraction of sp³-hybridized carbons (Fsp3) is 0.571. The maximum atomic E-state index is 8.86. The molecule has 0 heterocycles. The maximum absolute atomic E-state index is 8.86. The normalized spacial score (nSPS) is 11.5. The van der Waals surface area contributed by atoms with E-state index < -0.39 is 0 Å². The van der Waals surface area contributed by atoms with Gasteiger partial charge in [-0.15, -0.1) is 0 Å². The first-order chi connectivity index (χ1) is 7.53. The van der Waals surface area contributed by atoms with E-state index in [-0.39, 0.29) is 12.0 Å². The zero-order valence-corrected chi connectivity index (χ0v) is 10.6. The summed E-state index contributed by atoms with van der Waals surface area (Å²) in [6.45, 7) is 7.87. The van der Waals surface area contributed by atoms with E-state index in [2.05, 4.69) is 44.3 Å². The first kappa shape index (κ1) is 13.0. The molecule has 0 unspecified atom stereocenters. The average molecular weight is 221 g/mol. The van der Waals surface area contributed by atoms with Crippen LogP contribution in [0.25, 0.3) is 0 Å². The summed E-state index contributed by atoms with van der Waals surface area (Å²) in [7, 11) is 0. The zero-order chi connectivity index (χ0) is 12.0. The van der Waals surface area contributed by atoms with Crippen molar-refractivity contribution in [3.8, 4) is 0 Å². The van der Waals surface area contributed by atoms with Gasteiger partial charge >= 0.3 is 0 Å². The Hall–Kier alpha value is -1.02. The molecule has 0 atom stereocenters. The van der Waals surface area contributed by atoms with E-state index in [9.17, 15) is 0 Å². The number of para-hydroxylation sites is 1. The lowest BCUT2D eigenvalue weighted by Gasteiger charge is -2.21. The molecular formula is C14H23NO. The van der Waals surface area contributed by atoms with Crippen LogP contribution in [0, 0.1) is 5.41 Å². The fourth-order valence-corrected chi connectivity index (χ4v) is 1.54.